The zero-order valence-electron chi connectivity index (χ0n) is 23.5. The molecule has 0 unspecified atom stereocenters. The molecule has 0 spiro atoms. The fourth-order valence-electron chi connectivity index (χ4n) is 4.86. The topological polar surface area (TPSA) is 113 Å². The average molecular weight is 573 g/mol. The zero-order valence-corrected chi connectivity index (χ0v) is 23.5. The van der Waals surface area contributed by atoms with E-state index in [1.54, 1.807) is 19.1 Å². The number of carbonyl (C=O) groups is 2. The van der Waals surface area contributed by atoms with Crippen LogP contribution < -0.4 is 16.2 Å². The van der Waals surface area contributed by atoms with E-state index in [9.17, 15) is 27.9 Å². The fraction of sp³-hybridized carbons (Fsp3) is 0.433. The molecule has 4 rings (SSSR count). The summed E-state index contributed by atoms with van der Waals surface area (Å²) in [5.74, 6) is -1.22. The lowest BCUT2D eigenvalue weighted by Crippen LogP contribution is -2.53. The van der Waals surface area contributed by atoms with Crippen LogP contribution in [0.5, 0.6) is 0 Å². The summed E-state index contributed by atoms with van der Waals surface area (Å²) in [5, 5.41) is 13.7. The van der Waals surface area contributed by atoms with Crippen molar-refractivity contribution in [1.82, 2.24) is 15.8 Å². The maximum absolute atomic E-state index is 12.9. The molecule has 8 nitrogen and oxygen atoms in total. The van der Waals surface area contributed by atoms with E-state index in [1.807, 2.05) is 51.1 Å². The Morgan fingerprint density at radius 2 is 1.76 bits per heavy atom. The molecule has 0 saturated heterocycles. The highest BCUT2D eigenvalue weighted by atomic mass is 19.4. The molecule has 2 amide bonds. The van der Waals surface area contributed by atoms with Gasteiger partial charge in [-0.15, -0.1) is 0 Å². The molecule has 1 aliphatic rings. The van der Waals surface area contributed by atoms with Crippen molar-refractivity contribution >= 4 is 28.4 Å². The van der Waals surface area contributed by atoms with Crippen molar-refractivity contribution in [3.8, 4) is 0 Å². The highest BCUT2D eigenvalue weighted by Crippen LogP contribution is 2.38. The molecule has 11 heteroatoms. The second-order valence-electron chi connectivity index (χ2n) is 11.7. The zero-order chi connectivity index (χ0) is 30.0. The molecule has 1 aliphatic carbocycles. The number of carbonyl (C=O) groups excluding carboxylic acids is 2. The summed E-state index contributed by atoms with van der Waals surface area (Å²) < 4.78 is 44.2. The molecule has 220 valence electrons. The van der Waals surface area contributed by atoms with Crippen molar-refractivity contribution in [3.63, 3.8) is 0 Å². The summed E-state index contributed by atoms with van der Waals surface area (Å²) in [6.07, 6.45) is -4.12. The SMILES string of the molecule is Cc1cc(C(=O)NNC(=O)CC2(O)CC(OCc3ccccc3)C2)nc2c(C(C)(C)C)cc(NCC(F)(F)F)cc12. The molecular weight excluding hydrogens is 537 g/mol. The average Bonchev–Trinajstić information content (AvgIpc) is 2.87. The first-order valence-electron chi connectivity index (χ1n) is 13.4. The number of nitrogens with zero attached hydrogens (tertiary/aromatic N) is 1. The Labute approximate surface area is 236 Å². The second kappa shape index (κ2) is 11.7. The highest BCUT2D eigenvalue weighted by Gasteiger charge is 2.44. The monoisotopic (exact) mass is 572 g/mol. The van der Waals surface area contributed by atoms with Crippen LogP contribution >= 0.6 is 0 Å². The van der Waals surface area contributed by atoms with Crippen LogP contribution in [0.25, 0.3) is 10.9 Å². The molecule has 1 heterocycles. The number of nitrogens with one attached hydrogen (secondary N) is 3. The van der Waals surface area contributed by atoms with Crippen LogP contribution in [-0.2, 0) is 21.6 Å². The van der Waals surface area contributed by atoms with Crippen LogP contribution in [0.4, 0.5) is 18.9 Å². The summed E-state index contributed by atoms with van der Waals surface area (Å²) in [5.41, 5.74) is 6.12. The molecule has 1 aromatic heterocycles. The van der Waals surface area contributed by atoms with E-state index in [-0.39, 0.29) is 18.2 Å². The van der Waals surface area contributed by atoms with Gasteiger partial charge >= 0.3 is 6.18 Å². The van der Waals surface area contributed by atoms with Gasteiger partial charge in [0.1, 0.15) is 12.2 Å². The Balaban J connectivity index is 1.38. The molecule has 0 bridgehead atoms. The van der Waals surface area contributed by atoms with Crippen molar-refractivity contribution in [3.05, 3.63) is 70.9 Å². The van der Waals surface area contributed by atoms with Crippen LogP contribution in [0.2, 0.25) is 0 Å². The Hall–Kier alpha value is -3.70. The summed E-state index contributed by atoms with van der Waals surface area (Å²) in [7, 11) is 0. The van der Waals surface area contributed by atoms with Gasteiger partial charge in [-0.2, -0.15) is 13.2 Å². The standard InChI is InChI=1S/C30H35F3N4O4/c1-18-10-24(35-26-22(18)11-20(34-17-30(31,32)33)12-23(26)28(2,3)4)27(39)37-36-25(38)15-29(40)13-21(14-29)41-16-19-8-6-5-7-9-19/h5-12,21,34,40H,13-17H2,1-4H3,(H,36,38)(H,37,39). The van der Waals surface area contributed by atoms with Gasteiger partial charge in [0, 0.05) is 23.9 Å². The van der Waals surface area contributed by atoms with E-state index in [0.717, 1.165) is 5.56 Å². The number of halogens is 3. The predicted octanol–water partition coefficient (Wildman–Crippen LogP) is 5.08. The lowest BCUT2D eigenvalue weighted by Gasteiger charge is -2.42. The quantitative estimate of drug-likeness (QED) is 0.280. The van der Waals surface area contributed by atoms with Crippen molar-refractivity contribution < 1.29 is 32.6 Å². The number of anilines is 1. The first-order valence-corrected chi connectivity index (χ1v) is 13.4. The third-order valence-corrected chi connectivity index (χ3v) is 7.00. The van der Waals surface area contributed by atoms with Gasteiger partial charge in [0.2, 0.25) is 5.91 Å². The first kappa shape index (κ1) is 30.3. The number of amides is 2. The van der Waals surface area contributed by atoms with Crippen molar-refractivity contribution in [1.29, 1.82) is 0 Å². The number of hydrazine groups is 1. The lowest BCUT2D eigenvalue weighted by atomic mass is 9.75. The van der Waals surface area contributed by atoms with E-state index in [1.165, 1.54) is 6.07 Å². The van der Waals surface area contributed by atoms with E-state index in [4.69, 9.17) is 4.74 Å². The van der Waals surface area contributed by atoms with Gasteiger partial charge in [-0.05, 0) is 47.2 Å². The number of pyridine rings is 1. The van der Waals surface area contributed by atoms with E-state index >= 15 is 0 Å². The van der Waals surface area contributed by atoms with Crippen LogP contribution in [0.3, 0.4) is 0 Å². The predicted molar refractivity (Wildman–Crippen MR) is 149 cm³/mol. The number of hydrogen-bond donors (Lipinski definition) is 4. The van der Waals surface area contributed by atoms with Crippen LogP contribution in [0, 0.1) is 6.92 Å². The molecule has 3 aromatic rings. The summed E-state index contributed by atoms with van der Waals surface area (Å²) in [6.45, 7) is 6.70. The minimum atomic E-state index is -4.37. The van der Waals surface area contributed by atoms with Crippen LogP contribution in [0.1, 0.15) is 67.2 Å². The van der Waals surface area contributed by atoms with E-state index in [2.05, 4.69) is 21.2 Å². The Morgan fingerprint density at radius 1 is 1.07 bits per heavy atom. The minimum absolute atomic E-state index is 0.0357. The summed E-state index contributed by atoms with van der Waals surface area (Å²) >= 11 is 0. The molecule has 4 N–H and O–H groups in total. The maximum Gasteiger partial charge on any atom is 0.405 e. The van der Waals surface area contributed by atoms with Gasteiger partial charge in [0.15, 0.2) is 0 Å². The number of aliphatic hydroxyl groups is 1. The van der Waals surface area contributed by atoms with Crippen LogP contribution in [0.15, 0.2) is 48.5 Å². The minimum Gasteiger partial charge on any atom is -0.389 e. The molecule has 1 fully saturated rings. The number of benzene rings is 2. The Bertz CT molecular complexity index is 1420. The Kier molecular flexibility index (Phi) is 8.60. The van der Waals surface area contributed by atoms with Crippen molar-refractivity contribution in [2.24, 2.45) is 0 Å². The molecule has 1 saturated carbocycles. The number of fused-ring (bicyclic) bond motifs is 1. The van der Waals surface area contributed by atoms with E-state index in [0.29, 0.717) is 47.2 Å². The molecule has 41 heavy (non-hydrogen) atoms. The molecular formula is C30H35F3N4O4. The summed E-state index contributed by atoms with van der Waals surface area (Å²) in [4.78, 5) is 29.9. The molecule has 0 atom stereocenters. The normalized spacial score (nSPS) is 19.0. The van der Waals surface area contributed by atoms with Crippen LogP contribution in [-0.4, -0.2) is 46.3 Å². The smallest absolute Gasteiger partial charge is 0.389 e. The molecule has 2 aromatic carbocycles. The van der Waals surface area contributed by atoms with E-state index < -0.39 is 35.6 Å². The van der Waals surface area contributed by atoms with Gasteiger partial charge < -0.3 is 15.2 Å². The van der Waals surface area contributed by atoms with Crippen molar-refractivity contribution in [2.75, 3.05) is 11.9 Å². The fourth-order valence-corrected chi connectivity index (χ4v) is 4.86. The van der Waals surface area contributed by atoms with Gasteiger partial charge in [-0.25, -0.2) is 4.98 Å². The molecule has 0 radical (unpaired) electrons. The lowest BCUT2D eigenvalue weighted by molar-refractivity contribution is -0.157. The van der Waals surface area contributed by atoms with Crippen molar-refractivity contribution in [2.45, 2.75) is 76.9 Å². The highest BCUT2D eigenvalue weighted by molar-refractivity contribution is 5.98. The number of ether oxygens (including phenoxy) is 1. The molecule has 0 aliphatic heterocycles. The van der Waals surface area contributed by atoms with Gasteiger partial charge in [-0.3, -0.25) is 20.4 Å². The number of rotatable bonds is 8. The van der Waals surface area contributed by atoms with Gasteiger partial charge in [0.05, 0.1) is 30.2 Å². The first-order chi connectivity index (χ1) is 19.1. The third-order valence-electron chi connectivity index (χ3n) is 7.00. The van der Waals surface area contributed by atoms with Gasteiger partial charge in [-0.1, -0.05) is 51.1 Å². The number of hydrogen-bond acceptors (Lipinski definition) is 6. The number of alkyl halides is 3. The summed E-state index contributed by atoms with van der Waals surface area (Å²) in [6, 6.07) is 14.4. The maximum atomic E-state index is 12.9. The third kappa shape index (κ3) is 7.95. The number of aryl methyl sites for hydroxylation is 1. The Morgan fingerprint density at radius 3 is 2.39 bits per heavy atom. The largest absolute Gasteiger partial charge is 0.405 e. The second-order valence-corrected chi connectivity index (χ2v) is 11.7. The van der Waals surface area contributed by atoms with Gasteiger partial charge in [0.25, 0.3) is 5.91 Å². The number of aromatic nitrogens is 1.